The molecule has 0 aliphatic carbocycles. The summed E-state index contributed by atoms with van der Waals surface area (Å²) < 4.78 is 10.8. The van der Waals surface area contributed by atoms with Crippen LogP contribution in [0.25, 0.3) is 0 Å². The van der Waals surface area contributed by atoms with E-state index in [0.29, 0.717) is 12.5 Å². The molecule has 124 valence electrons. The molecule has 1 rings (SSSR count). The molecule has 0 aliphatic heterocycles. The molecule has 0 spiro atoms. The fourth-order valence-corrected chi connectivity index (χ4v) is 1.84. The third-order valence-electron chi connectivity index (χ3n) is 3.18. The van der Waals surface area contributed by atoms with E-state index in [1.807, 2.05) is 24.3 Å². The smallest absolute Gasteiger partial charge is 0.190 e. The van der Waals surface area contributed by atoms with Crippen molar-refractivity contribution in [3.8, 4) is 11.5 Å². The van der Waals surface area contributed by atoms with Crippen molar-refractivity contribution in [3.63, 3.8) is 0 Å². The van der Waals surface area contributed by atoms with Gasteiger partial charge in [-0.2, -0.15) is 0 Å². The summed E-state index contributed by atoms with van der Waals surface area (Å²) in [4.78, 5) is 4.20. The van der Waals surface area contributed by atoms with Crippen LogP contribution < -0.4 is 20.1 Å². The van der Waals surface area contributed by atoms with Crippen molar-refractivity contribution >= 4 is 5.96 Å². The van der Waals surface area contributed by atoms with Gasteiger partial charge in [-0.25, -0.2) is 0 Å². The molecule has 0 radical (unpaired) electrons. The molecule has 1 aromatic carbocycles. The van der Waals surface area contributed by atoms with Gasteiger partial charge in [-0.15, -0.1) is 0 Å². The first-order chi connectivity index (χ1) is 10.7. The van der Waals surface area contributed by atoms with Crippen LogP contribution in [-0.4, -0.2) is 39.8 Å². The van der Waals surface area contributed by atoms with Gasteiger partial charge in [-0.1, -0.05) is 13.8 Å². The Morgan fingerprint density at radius 1 is 1.09 bits per heavy atom. The molecule has 0 amide bonds. The molecule has 0 fully saturated rings. The maximum absolute atomic E-state index is 5.68. The Morgan fingerprint density at radius 3 is 2.32 bits per heavy atom. The number of nitrogens with zero attached hydrogens (tertiary/aromatic N) is 1. The van der Waals surface area contributed by atoms with E-state index >= 15 is 0 Å². The standard InChI is InChI=1S/C17H29N3O2/c1-14(2)10-12-20-17(18-3)19-11-5-13-22-16-8-6-15(21-4)7-9-16/h6-9,14H,5,10-13H2,1-4H3,(H2,18,19,20). The van der Waals surface area contributed by atoms with Crippen molar-refractivity contribution in [2.24, 2.45) is 10.9 Å². The summed E-state index contributed by atoms with van der Waals surface area (Å²) in [6.07, 6.45) is 2.05. The van der Waals surface area contributed by atoms with Gasteiger partial charge in [0.15, 0.2) is 5.96 Å². The zero-order valence-corrected chi connectivity index (χ0v) is 14.2. The first-order valence-electron chi connectivity index (χ1n) is 7.87. The van der Waals surface area contributed by atoms with E-state index in [4.69, 9.17) is 9.47 Å². The third kappa shape index (κ3) is 7.76. The number of rotatable bonds is 9. The van der Waals surface area contributed by atoms with Gasteiger partial charge in [-0.3, -0.25) is 4.99 Å². The lowest BCUT2D eigenvalue weighted by Gasteiger charge is -2.13. The van der Waals surface area contributed by atoms with E-state index in [1.165, 1.54) is 0 Å². The van der Waals surface area contributed by atoms with Crippen LogP contribution in [0.5, 0.6) is 11.5 Å². The average Bonchev–Trinajstić information content (AvgIpc) is 2.53. The fraction of sp³-hybridized carbons (Fsp3) is 0.588. The summed E-state index contributed by atoms with van der Waals surface area (Å²) in [5.74, 6) is 3.25. The fourth-order valence-electron chi connectivity index (χ4n) is 1.84. The zero-order chi connectivity index (χ0) is 16.2. The molecule has 0 aliphatic rings. The highest BCUT2D eigenvalue weighted by atomic mass is 16.5. The summed E-state index contributed by atoms with van der Waals surface area (Å²) in [6, 6.07) is 7.62. The Labute approximate surface area is 134 Å². The minimum atomic E-state index is 0.669. The van der Waals surface area contributed by atoms with E-state index in [9.17, 15) is 0 Å². The summed E-state index contributed by atoms with van der Waals surface area (Å²) in [5, 5.41) is 6.59. The molecule has 0 atom stereocenters. The van der Waals surface area contributed by atoms with Crippen molar-refractivity contribution in [3.05, 3.63) is 24.3 Å². The molecule has 1 aromatic rings. The van der Waals surface area contributed by atoms with Gasteiger partial charge in [-0.05, 0) is 43.0 Å². The molecule has 5 heteroatoms. The first kappa shape index (κ1) is 18.1. The topological polar surface area (TPSA) is 54.9 Å². The summed E-state index contributed by atoms with van der Waals surface area (Å²) in [6.45, 7) is 6.88. The predicted molar refractivity (Wildman–Crippen MR) is 91.9 cm³/mol. The number of nitrogens with one attached hydrogen (secondary N) is 2. The molecule has 0 saturated heterocycles. The highest BCUT2D eigenvalue weighted by Gasteiger charge is 1.99. The summed E-state index contributed by atoms with van der Waals surface area (Å²) in [7, 11) is 3.45. The second kappa shape index (κ2) is 10.8. The van der Waals surface area contributed by atoms with E-state index < -0.39 is 0 Å². The molecule has 0 saturated carbocycles. The molecule has 0 bridgehead atoms. The predicted octanol–water partition coefficient (Wildman–Crippen LogP) is 2.68. The molecule has 0 aromatic heterocycles. The Morgan fingerprint density at radius 2 is 1.73 bits per heavy atom. The second-order valence-electron chi connectivity index (χ2n) is 5.49. The van der Waals surface area contributed by atoms with Gasteiger partial charge in [0.25, 0.3) is 0 Å². The normalized spacial score (nSPS) is 11.4. The van der Waals surface area contributed by atoms with Gasteiger partial charge in [0, 0.05) is 20.1 Å². The van der Waals surface area contributed by atoms with Gasteiger partial charge < -0.3 is 20.1 Å². The van der Waals surface area contributed by atoms with Gasteiger partial charge in [0.1, 0.15) is 11.5 Å². The lowest BCUT2D eigenvalue weighted by atomic mass is 10.1. The number of aliphatic imine (C=N–C) groups is 1. The van der Waals surface area contributed by atoms with Gasteiger partial charge in [0.2, 0.25) is 0 Å². The SMILES string of the molecule is CN=C(NCCCOc1ccc(OC)cc1)NCCC(C)C. The largest absolute Gasteiger partial charge is 0.497 e. The monoisotopic (exact) mass is 307 g/mol. The molecular weight excluding hydrogens is 278 g/mol. The van der Waals surface area contributed by atoms with Crippen LogP contribution in [0, 0.1) is 5.92 Å². The number of ether oxygens (including phenoxy) is 2. The van der Waals surface area contributed by atoms with Gasteiger partial charge >= 0.3 is 0 Å². The van der Waals surface area contributed by atoms with Crippen LogP contribution in [0.2, 0.25) is 0 Å². The Balaban J connectivity index is 2.12. The first-order valence-corrected chi connectivity index (χ1v) is 7.87. The lowest BCUT2D eigenvalue weighted by Crippen LogP contribution is -2.38. The van der Waals surface area contributed by atoms with E-state index in [0.717, 1.165) is 43.4 Å². The molecule has 0 heterocycles. The summed E-state index contributed by atoms with van der Waals surface area (Å²) in [5.41, 5.74) is 0. The molecule has 5 nitrogen and oxygen atoms in total. The lowest BCUT2D eigenvalue weighted by molar-refractivity contribution is 0.310. The van der Waals surface area contributed by atoms with Gasteiger partial charge in [0.05, 0.1) is 13.7 Å². The van der Waals surface area contributed by atoms with Crippen LogP contribution >= 0.6 is 0 Å². The molecule has 2 N–H and O–H groups in total. The average molecular weight is 307 g/mol. The zero-order valence-electron chi connectivity index (χ0n) is 14.2. The molecular formula is C17H29N3O2. The highest BCUT2D eigenvalue weighted by Crippen LogP contribution is 2.16. The van der Waals surface area contributed by atoms with Crippen molar-refractivity contribution < 1.29 is 9.47 Å². The van der Waals surface area contributed by atoms with Crippen LogP contribution in [-0.2, 0) is 0 Å². The quantitative estimate of drug-likeness (QED) is 0.418. The molecule has 22 heavy (non-hydrogen) atoms. The van der Waals surface area contributed by atoms with Crippen molar-refractivity contribution in [1.29, 1.82) is 0 Å². The minimum Gasteiger partial charge on any atom is -0.497 e. The van der Waals surface area contributed by atoms with E-state index in [1.54, 1.807) is 14.2 Å². The van der Waals surface area contributed by atoms with Crippen LogP contribution in [0.15, 0.2) is 29.3 Å². The Hall–Kier alpha value is -1.91. The highest BCUT2D eigenvalue weighted by molar-refractivity contribution is 5.79. The number of guanidine groups is 1. The minimum absolute atomic E-state index is 0.669. The van der Waals surface area contributed by atoms with Crippen molar-refractivity contribution in [2.45, 2.75) is 26.7 Å². The second-order valence-corrected chi connectivity index (χ2v) is 5.49. The maximum Gasteiger partial charge on any atom is 0.190 e. The van der Waals surface area contributed by atoms with Crippen LogP contribution in [0.4, 0.5) is 0 Å². The third-order valence-corrected chi connectivity index (χ3v) is 3.18. The number of benzene rings is 1. The van der Waals surface area contributed by atoms with Crippen LogP contribution in [0.1, 0.15) is 26.7 Å². The van der Waals surface area contributed by atoms with Crippen molar-refractivity contribution in [2.75, 3.05) is 33.9 Å². The number of methoxy groups -OCH3 is 1. The number of hydrogen-bond acceptors (Lipinski definition) is 3. The Bertz CT molecular complexity index is 430. The number of hydrogen-bond donors (Lipinski definition) is 2. The Kier molecular flexibility index (Phi) is 8.88. The van der Waals surface area contributed by atoms with Crippen LogP contribution in [0.3, 0.4) is 0 Å². The molecule has 0 unspecified atom stereocenters. The summed E-state index contributed by atoms with van der Waals surface area (Å²) >= 11 is 0. The maximum atomic E-state index is 5.68. The van der Waals surface area contributed by atoms with Crippen molar-refractivity contribution in [1.82, 2.24) is 10.6 Å². The van der Waals surface area contributed by atoms with E-state index in [-0.39, 0.29) is 0 Å². The van der Waals surface area contributed by atoms with E-state index in [2.05, 4.69) is 29.5 Å².